The van der Waals surface area contributed by atoms with E-state index in [0.717, 1.165) is 9.35 Å². The summed E-state index contributed by atoms with van der Waals surface area (Å²) >= 11 is 4.90. The van der Waals surface area contributed by atoms with E-state index in [0.29, 0.717) is 13.2 Å². The third kappa shape index (κ3) is 4.21. The maximum Gasteiger partial charge on any atom is 0.332 e. The largest absolute Gasteiger partial charge is 0.459 e. The van der Waals surface area contributed by atoms with Crippen molar-refractivity contribution in [2.24, 2.45) is 0 Å². The van der Waals surface area contributed by atoms with Crippen LogP contribution >= 0.6 is 27.3 Å². The molecule has 0 fully saturated rings. The molecule has 0 saturated heterocycles. The molecular weight excluding hydrogens is 268 g/mol. The Morgan fingerprint density at radius 2 is 2.43 bits per heavy atom. The van der Waals surface area contributed by atoms with Gasteiger partial charge in [-0.05, 0) is 34.3 Å². The first-order valence-corrected chi connectivity index (χ1v) is 5.86. The monoisotopic (exact) mass is 278 g/mol. The lowest BCUT2D eigenvalue weighted by atomic mass is 10.4. The lowest BCUT2D eigenvalue weighted by Gasteiger charge is -2.02. The van der Waals surface area contributed by atoms with Gasteiger partial charge in [0.15, 0.2) is 0 Å². The summed E-state index contributed by atoms with van der Waals surface area (Å²) in [6.07, 6.45) is 0. The summed E-state index contributed by atoms with van der Waals surface area (Å²) in [6, 6.07) is 1.93. The van der Waals surface area contributed by atoms with Gasteiger partial charge in [-0.1, -0.05) is 0 Å². The van der Waals surface area contributed by atoms with Gasteiger partial charge in [-0.3, -0.25) is 0 Å². The molecule has 0 saturated carbocycles. The maximum atomic E-state index is 11.0. The average Bonchev–Trinajstić information content (AvgIpc) is 2.58. The van der Waals surface area contributed by atoms with Crippen molar-refractivity contribution >= 4 is 33.2 Å². The Bertz CT molecular complexity index is 298. The highest BCUT2D eigenvalue weighted by atomic mass is 79.9. The summed E-state index contributed by atoms with van der Waals surface area (Å²) in [7, 11) is 0. The van der Waals surface area contributed by atoms with Gasteiger partial charge in [-0.2, -0.15) is 0 Å². The fourth-order valence-corrected chi connectivity index (χ4v) is 2.01. The molecular formula is C9H11BrO3S. The van der Waals surface area contributed by atoms with Crippen LogP contribution in [-0.2, 0) is 20.9 Å². The van der Waals surface area contributed by atoms with Crippen molar-refractivity contribution < 1.29 is 14.3 Å². The van der Waals surface area contributed by atoms with Gasteiger partial charge in [0.25, 0.3) is 0 Å². The van der Waals surface area contributed by atoms with Crippen LogP contribution in [0.3, 0.4) is 0 Å². The van der Waals surface area contributed by atoms with Gasteiger partial charge in [0, 0.05) is 12.2 Å². The third-order valence-electron chi connectivity index (χ3n) is 1.45. The first kappa shape index (κ1) is 11.7. The van der Waals surface area contributed by atoms with Gasteiger partial charge in [0.2, 0.25) is 0 Å². The van der Waals surface area contributed by atoms with E-state index in [1.54, 1.807) is 11.3 Å². The molecule has 3 nitrogen and oxygen atoms in total. The quantitative estimate of drug-likeness (QED) is 0.777. The Morgan fingerprint density at radius 1 is 1.64 bits per heavy atom. The predicted molar refractivity (Wildman–Crippen MR) is 58.3 cm³/mol. The fraction of sp³-hybridized carbons (Fsp3) is 0.444. The van der Waals surface area contributed by atoms with Crippen LogP contribution in [0.25, 0.3) is 0 Å². The van der Waals surface area contributed by atoms with E-state index in [-0.39, 0.29) is 12.6 Å². The van der Waals surface area contributed by atoms with Crippen molar-refractivity contribution in [2.45, 2.75) is 13.5 Å². The van der Waals surface area contributed by atoms with Crippen LogP contribution in [0.4, 0.5) is 0 Å². The Labute approximate surface area is 95.2 Å². The van der Waals surface area contributed by atoms with Crippen molar-refractivity contribution in [3.63, 3.8) is 0 Å². The Hall–Kier alpha value is -0.390. The third-order valence-corrected chi connectivity index (χ3v) is 3.00. The van der Waals surface area contributed by atoms with Crippen LogP contribution in [0.15, 0.2) is 15.2 Å². The first-order valence-electron chi connectivity index (χ1n) is 4.18. The number of hydrogen-bond donors (Lipinski definition) is 0. The zero-order valence-corrected chi connectivity index (χ0v) is 10.2. The highest BCUT2D eigenvalue weighted by molar-refractivity contribution is 9.11. The van der Waals surface area contributed by atoms with Gasteiger partial charge in [-0.15, -0.1) is 11.3 Å². The van der Waals surface area contributed by atoms with E-state index in [4.69, 9.17) is 9.47 Å². The summed E-state index contributed by atoms with van der Waals surface area (Å²) in [5, 5.41) is 1.94. The lowest BCUT2D eigenvalue weighted by Crippen LogP contribution is -2.12. The normalized spacial score (nSPS) is 10.1. The number of ether oxygens (including phenoxy) is 2. The van der Waals surface area contributed by atoms with E-state index in [1.807, 2.05) is 18.4 Å². The number of halogens is 1. The molecule has 14 heavy (non-hydrogen) atoms. The molecule has 0 radical (unpaired) electrons. The van der Waals surface area contributed by atoms with Crippen molar-refractivity contribution in [3.8, 4) is 0 Å². The topological polar surface area (TPSA) is 35.5 Å². The Kier molecular flexibility index (Phi) is 5.14. The molecule has 0 atom stereocenters. The van der Waals surface area contributed by atoms with Gasteiger partial charge in [-0.25, -0.2) is 4.79 Å². The van der Waals surface area contributed by atoms with E-state index in [2.05, 4.69) is 15.9 Å². The van der Waals surface area contributed by atoms with Crippen LogP contribution in [-0.4, -0.2) is 19.2 Å². The van der Waals surface area contributed by atoms with Crippen LogP contribution < -0.4 is 0 Å². The van der Waals surface area contributed by atoms with Crippen LogP contribution in [0, 0.1) is 0 Å². The van der Waals surface area contributed by atoms with E-state index < -0.39 is 0 Å². The molecule has 1 aromatic heterocycles. The smallest absolute Gasteiger partial charge is 0.332 e. The number of rotatable bonds is 5. The summed E-state index contributed by atoms with van der Waals surface area (Å²) in [6.45, 7) is 2.71. The molecule has 78 valence electrons. The standard InChI is InChI=1S/C9H11BrO3S/c1-2-12-5-9(11)13-4-7-3-8(10)14-6-7/h3,6H,2,4-5H2,1H3. The van der Waals surface area contributed by atoms with Crippen LogP contribution in [0.2, 0.25) is 0 Å². The van der Waals surface area contributed by atoms with Crippen LogP contribution in [0.5, 0.6) is 0 Å². The molecule has 1 rings (SSSR count). The number of thiophene rings is 1. The lowest BCUT2D eigenvalue weighted by molar-refractivity contribution is -0.150. The van der Waals surface area contributed by atoms with E-state index in [9.17, 15) is 4.79 Å². The Balaban J connectivity index is 2.23. The molecule has 0 aliphatic rings. The number of hydrogen-bond acceptors (Lipinski definition) is 4. The zero-order valence-electron chi connectivity index (χ0n) is 7.79. The van der Waals surface area contributed by atoms with Crippen molar-refractivity contribution in [2.75, 3.05) is 13.2 Å². The molecule has 1 heterocycles. The van der Waals surface area contributed by atoms with E-state index >= 15 is 0 Å². The minimum Gasteiger partial charge on any atom is -0.459 e. The second kappa shape index (κ2) is 6.16. The highest BCUT2D eigenvalue weighted by Gasteiger charge is 2.03. The Morgan fingerprint density at radius 3 is 3.00 bits per heavy atom. The molecule has 0 N–H and O–H groups in total. The number of carbonyl (C=O) groups is 1. The number of carbonyl (C=O) groups excluding carboxylic acids is 1. The average molecular weight is 279 g/mol. The second-order valence-electron chi connectivity index (χ2n) is 2.56. The van der Waals surface area contributed by atoms with Crippen molar-refractivity contribution in [1.29, 1.82) is 0 Å². The van der Waals surface area contributed by atoms with Crippen molar-refractivity contribution in [1.82, 2.24) is 0 Å². The number of esters is 1. The molecule has 0 aliphatic carbocycles. The summed E-state index contributed by atoms with van der Waals surface area (Å²) < 4.78 is 10.9. The van der Waals surface area contributed by atoms with Gasteiger partial charge >= 0.3 is 5.97 Å². The molecule has 0 aliphatic heterocycles. The zero-order chi connectivity index (χ0) is 10.4. The summed E-state index contributed by atoms with van der Waals surface area (Å²) in [5.41, 5.74) is 0.992. The molecule has 5 heteroatoms. The van der Waals surface area contributed by atoms with Gasteiger partial charge < -0.3 is 9.47 Å². The SMILES string of the molecule is CCOCC(=O)OCc1csc(Br)c1. The molecule has 0 bridgehead atoms. The van der Waals surface area contributed by atoms with Crippen molar-refractivity contribution in [3.05, 3.63) is 20.8 Å². The molecule has 0 aromatic carbocycles. The first-order chi connectivity index (χ1) is 6.72. The summed E-state index contributed by atoms with van der Waals surface area (Å²) in [4.78, 5) is 11.0. The second-order valence-corrected chi connectivity index (χ2v) is 4.85. The van der Waals surface area contributed by atoms with Gasteiger partial charge in [0.05, 0.1) is 3.79 Å². The molecule has 0 spiro atoms. The summed E-state index contributed by atoms with van der Waals surface area (Å²) in [5.74, 6) is -0.325. The maximum absolute atomic E-state index is 11.0. The molecule has 0 unspecified atom stereocenters. The fourth-order valence-electron chi connectivity index (χ4n) is 0.812. The van der Waals surface area contributed by atoms with Gasteiger partial charge in [0.1, 0.15) is 13.2 Å². The highest BCUT2D eigenvalue weighted by Crippen LogP contribution is 2.21. The molecule has 1 aromatic rings. The predicted octanol–water partition coefficient (Wildman–Crippen LogP) is 2.59. The van der Waals surface area contributed by atoms with E-state index in [1.165, 1.54) is 0 Å². The molecule has 0 amide bonds. The minimum absolute atomic E-state index is 0.0296. The van der Waals surface area contributed by atoms with Crippen LogP contribution in [0.1, 0.15) is 12.5 Å². The minimum atomic E-state index is -0.325.